The minimum atomic E-state index is -0.314. The van der Waals surface area contributed by atoms with E-state index in [9.17, 15) is 19.2 Å². The number of amides is 3. The SMILES string of the molecule is CN[C@@H](CCCCNC(=O)c1cc(NC(=O)CBr)cc(NC(=O)CBr)c1)C(C)=O.CSSC.CSSC.CSSC. The van der Waals surface area contributed by atoms with Gasteiger partial charge in [0.2, 0.25) is 11.8 Å². The summed E-state index contributed by atoms with van der Waals surface area (Å²) in [5.41, 5.74) is 1.13. The van der Waals surface area contributed by atoms with Crippen molar-refractivity contribution >= 4 is 132 Å². The maximum Gasteiger partial charge on any atom is 0.251 e. The molecule has 0 fully saturated rings. The van der Waals surface area contributed by atoms with Crippen LogP contribution in [0.3, 0.4) is 0 Å². The number of likely N-dealkylation sites (N-methyl/N-ethyl adjacent to an activating group) is 1. The van der Waals surface area contributed by atoms with Crippen LogP contribution in [0, 0.1) is 0 Å². The van der Waals surface area contributed by atoms with Gasteiger partial charge in [0.1, 0.15) is 5.78 Å². The second-order valence-electron chi connectivity index (χ2n) is 7.37. The average molecular weight is 817 g/mol. The Bertz CT molecular complexity index is 809. The topological polar surface area (TPSA) is 116 Å². The Labute approximate surface area is 287 Å². The van der Waals surface area contributed by atoms with Gasteiger partial charge < -0.3 is 21.3 Å². The third-order valence-corrected chi connectivity index (χ3v) is 9.57. The molecule has 16 heteroatoms. The third kappa shape index (κ3) is 28.8. The van der Waals surface area contributed by atoms with Crippen molar-refractivity contribution in [1.82, 2.24) is 10.6 Å². The van der Waals surface area contributed by atoms with Crippen LogP contribution in [0.15, 0.2) is 18.2 Å². The van der Waals surface area contributed by atoms with Crippen LogP contribution in [0.2, 0.25) is 0 Å². The standard InChI is InChI=1S/C19H26Br2N4O4.3C2H6S2/c1-12(26)16(22-2)5-3-4-6-23-19(29)13-7-14(24-17(27)10-20)9-15(8-13)25-18(28)11-21;3*1-3-4-2/h7-9,16,22H,3-6,10-11H2,1-2H3,(H,23,29)(H,24,27)(H,25,28);3*1-2H3/t16-;;;/m0.../s1. The highest BCUT2D eigenvalue weighted by Crippen LogP contribution is 2.20. The van der Waals surface area contributed by atoms with Crippen molar-refractivity contribution in [3.05, 3.63) is 23.8 Å². The molecule has 0 bridgehead atoms. The van der Waals surface area contributed by atoms with Gasteiger partial charge in [-0.25, -0.2) is 0 Å². The van der Waals surface area contributed by atoms with E-state index >= 15 is 0 Å². The summed E-state index contributed by atoms with van der Waals surface area (Å²) in [5, 5.41) is 11.3. The minimum absolute atomic E-state index is 0.0944. The minimum Gasteiger partial charge on any atom is -0.352 e. The molecule has 0 aliphatic carbocycles. The molecule has 8 nitrogen and oxygen atoms in total. The third-order valence-electron chi connectivity index (χ3n) is 4.55. The van der Waals surface area contributed by atoms with Gasteiger partial charge in [-0.2, -0.15) is 0 Å². The lowest BCUT2D eigenvalue weighted by molar-refractivity contribution is -0.119. The predicted octanol–water partition coefficient (Wildman–Crippen LogP) is 7.31. The molecule has 0 saturated heterocycles. The van der Waals surface area contributed by atoms with Gasteiger partial charge >= 0.3 is 0 Å². The van der Waals surface area contributed by atoms with Gasteiger partial charge in [-0.3, -0.25) is 19.2 Å². The molecule has 0 aromatic heterocycles. The first-order valence-corrected chi connectivity index (χ1v) is 23.2. The van der Waals surface area contributed by atoms with E-state index in [1.165, 1.54) is 0 Å². The molecular weight excluding hydrogens is 773 g/mol. The number of carbonyl (C=O) groups excluding carboxylic acids is 4. The van der Waals surface area contributed by atoms with Gasteiger partial charge in [0.15, 0.2) is 0 Å². The van der Waals surface area contributed by atoms with E-state index in [-0.39, 0.29) is 40.2 Å². The van der Waals surface area contributed by atoms with E-state index in [0.29, 0.717) is 29.9 Å². The van der Waals surface area contributed by atoms with Crippen LogP contribution in [0.25, 0.3) is 0 Å². The number of unbranched alkanes of at least 4 members (excludes halogenated alkanes) is 1. The number of anilines is 2. The van der Waals surface area contributed by atoms with Crippen LogP contribution in [-0.2, 0) is 14.4 Å². The highest BCUT2D eigenvalue weighted by molar-refractivity contribution is 9.09. The van der Waals surface area contributed by atoms with Gasteiger partial charge in [0.25, 0.3) is 5.91 Å². The van der Waals surface area contributed by atoms with Gasteiger partial charge in [0, 0.05) is 23.5 Å². The van der Waals surface area contributed by atoms with Crippen LogP contribution in [0.5, 0.6) is 0 Å². The molecule has 0 saturated carbocycles. The lowest BCUT2D eigenvalue weighted by Gasteiger charge is -2.13. The van der Waals surface area contributed by atoms with E-state index in [0.717, 1.165) is 12.8 Å². The zero-order chi connectivity index (χ0) is 32.1. The molecule has 1 aromatic carbocycles. The molecule has 0 aliphatic rings. The number of benzene rings is 1. The van der Waals surface area contributed by atoms with Crippen molar-refractivity contribution in [3.8, 4) is 0 Å². The Morgan fingerprint density at radius 1 is 0.732 bits per heavy atom. The molecule has 0 aliphatic heterocycles. The summed E-state index contributed by atoms with van der Waals surface area (Å²) in [7, 11) is 12.4. The molecule has 0 spiro atoms. The number of hydrogen-bond donors (Lipinski definition) is 4. The summed E-state index contributed by atoms with van der Waals surface area (Å²) in [5.74, 6) is -0.766. The van der Waals surface area contributed by atoms with Crippen LogP contribution < -0.4 is 21.3 Å². The molecular formula is C25H44Br2N4O4S6. The fraction of sp³-hybridized carbons (Fsp3) is 0.600. The molecule has 238 valence electrons. The lowest BCUT2D eigenvalue weighted by atomic mass is 10.1. The first-order valence-electron chi connectivity index (χ1n) is 12.1. The molecule has 1 rings (SSSR count). The Balaban J connectivity index is -0.00000101. The lowest BCUT2D eigenvalue weighted by Crippen LogP contribution is -2.32. The van der Waals surface area contributed by atoms with Crippen molar-refractivity contribution in [1.29, 1.82) is 0 Å². The molecule has 4 N–H and O–H groups in total. The predicted molar refractivity (Wildman–Crippen MR) is 202 cm³/mol. The monoisotopic (exact) mass is 814 g/mol. The summed E-state index contributed by atoms with van der Waals surface area (Å²) >= 11 is 6.14. The number of rotatable bonds is 15. The number of carbonyl (C=O) groups is 4. The Morgan fingerprint density at radius 3 is 1.46 bits per heavy atom. The summed E-state index contributed by atoms with van der Waals surface area (Å²) in [6.07, 6.45) is 14.6. The largest absolute Gasteiger partial charge is 0.352 e. The fourth-order valence-electron chi connectivity index (χ4n) is 2.62. The van der Waals surface area contributed by atoms with Crippen LogP contribution >= 0.6 is 96.6 Å². The van der Waals surface area contributed by atoms with Crippen molar-refractivity contribution in [2.75, 3.05) is 72.4 Å². The van der Waals surface area contributed by atoms with Crippen molar-refractivity contribution in [2.24, 2.45) is 0 Å². The molecule has 0 heterocycles. The molecule has 0 unspecified atom stereocenters. The highest BCUT2D eigenvalue weighted by Gasteiger charge is 2.13. The molecule has 0 radical (unpaired) electrons. The normalized spacial score (nSPS) is 10.3. The Morgan fingerprint density at radius 2 is 1.15 bits per heavy atom. The van der Waals surface area contributed by atoms with Crippen molar-refractivity contribution in [3.63, 3.8) is 0 Å². The zero-order valence-corrected chi connectivity index (χ0v) is 33.0. The zero-order valence-electron chi connectivity index (χ0n) is 24.9. The van der Waals surface area contributed by atoms with Crippen molar-refractivity contribution < 1.29 is 19.2 Å². The number of hydrogen-bond acceptors (Lipinski definition) is 11. The number of ketones is 1. The summed E-state index contributed by atoms with van der Waals surface area (Å²) < 4.78 is 0. The smallest absolute Gasteiger partial charge is 0.251 e. The quantitative estimate of drug-likeness (QED) is 0.0812. The molecule has 1 aromatic rings. The number of nitrogens with one attached hydrogen (secondary N) is 4. The number of halogens is 2. The summed E-state index contributed by atoms with van der Waals surface area (Å²) in [6.45, 7) is 2.00. The maximum atomic E-state index is 12.5. The summed E-state index contributed by atoms with van der Waals surface area (Å²) in [4.78, 5) is 47.2. The van der Waals surface area contributed by atoms with E-state index < -0.39 is 0 Å². The first-order chi connectivity index (χ1) is 19.5. The maximum absolute atomic E-state index is 12.5. The Kier molecular flexibility index (Phi) is 37.1. The van der Waals surface area contributed by atoms with Gasteiger partial charge in [-0.1, -0.05) is 96.6 Å². The molecule has 1 atom stereocenters. The van der Waals surface area contributed by atoms with E-state index in [1.807, 2.05) is 0 Å². The van der Waals surface area contributed by atoms with E-state index in [4.69, 9.17) is 0 Å². The van der Waals surface area contributed by atoms with Crippen LogP contribution in [0.1, 0.15) is 36.5 Å². The fourth-order valence-corrected chi connectivity index (χ4v) is 2.90. The van der Waals surface area contributed by atoms with Crippen LogP contribution in [-0.4, -0.2) is 91.3 Å². The van der Waals surface area contributed by atoms with Crippen molar-refractivity contribution in [2.45, 2.75) is 32.2 Å². The highest BCUT2D eigenvalue weighted by atomic mass is 79.9. The first kappa shape index (κ1) is 45.7. The second kappa shape index (κ2) is 33.2. The number of Topliss-reactive ketones (excluding diaryl/α,β-unsaturated/α-hetero) is 1. The molecule has 41 heavy (non-hydrogen) atoms. The number of alkyl halides is 2. The van der Waals surface area contributed by atoms with E-state index in [2.05, 4.69) is 90.7 Å². The average Bonchev–Trinajstić information content (AvgIpc) is 2.98. The second-order valence-corrected chi connectivity index (χ2v) is 16.5. The van der Waals surface area contributed by atoms with Gasteiger partial charge in [-0.15, -0.1) is 0 Å². The Hall–Kier alpha value is 0.320. The van der Waals surface area contributed by atoms with Crippen LogP contribution in [0.4, 0.5) is 11.4 Å². The van der Waals surface area contributed by atoms with Gasteiger partial charge in [-0.05, 0) is 89.0 Å². The summed E-state index contributed by atoms with van der Waals surface area (Å²) in [6, 6.07) is 4.51. The van der Waals surface area contributed by atoms with E-state index in [1.54, 1.807) is 96.9 Å². The molecule has 3 amide bonds. The van der Waals surface area contributed by atoms with Gasteiger partial charge in [0.05, 0.1) is 16.7 Å².